The standard InChI is InChI=1S/C19H23FN4/c1-11(2)9-15-12(3)16(20)6-5-14(15)10-17-23-13(4)18-19(21)22-7-8-24(17)18/h5-8,11H,9-10H2,1-4H3,(H2,21,22). The minimum Gasteiger partial charge on any atom is -0.382 e. The molecule has 0 unspecified atom stereocenters. The molecule has 0 aliphatic rings. The lowest BCUT2D eigenvalue weighted by molar-refractivity contribution is 0.599. The summed E-state index contributed by atoms with van der Waals surface area (Å²) in [6, 6.07) is 3.42. The number of aromatic nitrogens is 3. The Morgan fingerprint density at radius 1 is 1.25 bits per heavy atom. The highest BCUT2D eigenvalue weighted by atomic mass is 19.1. The lowest BCUT2D eigenvalue weighted by atomic mass is 9.92. The normalized spacial score (nSPS) is 11.6. The number of hydrogen-bond donors (Lipinski definition) is 1. The maximum atomic E-state index is 14.0. The molecule has 2 N–H and O–H groups in total. The van der Waals surface area contributed by atoms with Crippen LogP contribution in [0.15, 0.2) is 24.5 Å². The van der Waals surface area contributed by atoms with Gasteiger partial charge in [0.25, 0.3) is 0 Å². The molecule has 0 bridgehead atoms. The topological polar surface area (TPSA) is 56.2 Å². The number of aryl methyl sites for hydroxylation is 1. The van der Waals surface area contributed by atoms with E-state index in [-0.39, 0.29) is 5.82 Å². The van der Waals surface area contributed by atoms with E-state index in [2.05, 4.69) is 23.8 Å². The van der Waals surface area contributed by atoms with E-state index in [4.69, 9.17) is 5.73 Å². The van der Waals surface area contributed by atoms with Gasteiger partial charge in [0.15, 0.2) is 0 Å². The summed E-state index contributed by atoms with van der Waals surface area (Å²) < 4.78 is 16.0. The van der Waals surface area contributed by atoms with Crippen molar-refractivity contribution >= 4 is 11.3 Å². The first-order chi connectivity index (χ1) is 11.4. The van der Waals surface area contributed by atoms with E-state index in [1.807, 2.05) is 30.5 Å². The number of nitrogens with zero attached hydrogens (tertiary/aromatic N) is 3. The molecule has 1 aromatic carbocycles. The highest BCUT2D eigenvalue weighted by molar-refractivity contribution is 5.68. The van der Waals surface area contributed by atoms with E-state index in [1.165, 1.54) is 0 Å². The molecular formula is C19H23FN4. The maximum Gasteiger partial charge on any atom is 0.149 e. The van der Waals surface area contributed by atoms with Gasteiger partial charge in [-0.25, -0.2) is 14.4 Å². The molecule has 3 aromatic rings. The molecular weight excluding hydrogens is 303 g/mol. The zero-order valence-corrected chi connectivity index (χ0v) is 14.6. The summed E-state index contributed by atoms with van der Waals surface area (Å²) in [7, 11) is 0. The molecule has 0 saturated heterocycles. The fraction of sp³-hybridized carbons (Fsp3) is 0.368. The van der Waals surface area contributed by atoms with Crippen LogP contribution < -0.4 is 5.73 Å². The van der Waals surface area contributed by atoms with Crippen LogP contribution in [-0.2, 0) is 12.8 Å². The molecule has 0 fully saturated rings. The quantitative estimate of drug-likeness (QED) is 0.792. The molecule has 3 rings (SSSR count). The van der Waals surface area contributed by atoms with Crippen molar-refractivity contribution in [3.8, 4) is 0 Å². The van der Waals surface area contributed by atoms with Crippen molar-refractivity contribution in [3.05, 3.63) is 58.6 Å². The van der Waals surface area contributed by atoms with Crippen LogP contribution in [0.3, 0.4) is 0 Å². The summed E-state index contributed by atoms with van der Waals surface area (Å²) in [5.74, 6) is 1.69. The van der Waals surface area contributed by atoms with Gasteiger partial charge in [0.05, 0.1) is 5.69 Å². The zero-order valence-electron chi connectivity index (χ0n) is 14.6. The third-order valence-electron chi connectivity index (χ3n) is 4.42. The predicted octanol–water partition coefficient (Wildman–Crippen LogP) is 3.86. The second-order valence-corrected chi connectivity index (χ2v) is 6.73. The van der Waals surface area contributed by atoms with E-state index < -0.39 is 0 Å². The third kappa shape index (κ3) is 2.86. The zero-order chi connectivity index (χ0) is 17.4. The Hall–Kier alpha value is -2.43. The van der Waals surface area contributed by atoms with Gasteiger partial charge in [-0.3, -0.25) is 4.40 Å². The minimum absolute atomic E-state index is 0.146. The molecule has 0 aliphatic carbocycles. The van der Waals surface area contributed by atoms with Crippen LogP contribution in [0.25, 0.3) is 5.52 Å². The molecule has 0 amide bonds. The predicted molar refractivity (Wildman–Crippen MR) is 94.6 cm³/mol. The summed E-state index contributed by atoms with van der Waals surface area (Å²) in [6.07, 6.45) is 5.05. The van der Waals surface area contributed by atoms with Crippen molar-refractivity contribution in [1.29, 1.82) is 0 Å². The van der Waals surface area contributed by atoms with Gasteiger partial charge in [-0.1, -0.05) is 19.9 Å². The van der Waals surface area contributed by atoms with Crippen LogP contribution in [0, 0.1) is 25.6 Å². The monoisotopic (exact) mass is 326 g/mol. The number of fused-ring (bicyclic) bond motifs is 1. The molecule has 24 heavy (non-hydrogen) atoms. The molecule has 2 aromatic heterocycles. The van der Waals surface area contributed by atoms with Gasteiger partial charge in [-0.05, 0) is 48.9 Å². The van der Waals surface area contributed by atoms with Crippen molar-refractivity contribution in [3.63, 3.8) is 0 Å². The van der Waals surface area contributed by atoms with Crippen LogP contribution >= 0.6 is 0 Å². The Bertz CT molecular complexity index is 896. The smallest absolute Gasteiger partial charge is 0.149 e. The second-order valence-electron chi connectivity index (χ2n) is 6.73. The molecule has 126 valence electrons. The van der Waals surface area contributed by atoms with Crippen LogP contribution in [0.2, 0.25) is 0 Å². The van der Waals surface area contributed by atoms with Gasteiger partial charge >= 0.3 is 0 Å². The van der Waals surface area contributed by atoms with Gasteiger partial charge in [0.2, 0.25) is 0 Å². The molecule has 0 saturated carbocycles. The van der Waals surface area contributed by atoms with Crippen LogP contribution in [0.5, 0.6) is 0 Å². The van der Waals surface area contributed by atoms with Gasteiger partial charge in [-0.15, -0.1) is 0 Å². The van der Waals surface area contributed by atoms with E-state index >= 15 is 0 Å². The van der Waals surface area contributed by atoms with Gasteiger partial charge in [0.1, 0.15) is 23.0 Å². The Kier molecular flexibility index (Phi) is 4.26. The number of imidazole rings is 1. The number of halogens is 1. The first kappa shape index (κ1) is 16.4. The van der Waals surface area contributed by atoms with Gasteiger partial charge in [0, 0.05) is 18.8 Å². The average molecular weight is 326 g/mol. The lowest BCUT2D eigenvalue weighted by Gasteiger charge is -2.15. The van der Waals surface area contributed by atoms with Gasteiger partial charge in [-0.2, -0.15) is 0 Å². The van der Waals surface area contributed by atoms with E-state index in [1.54, 1.807) is 12.3 Å². The molecule has 4 nitrogen and oxygen atoms in total. The van der Waals surface area contributed by atoms with Crippen LogP contribution in [0.1, 0.15) is 42.1 Å². The lowest BCUT2D eigenvalue weighted by Crippen LogP contribution is -2.07. The largest absolute Gasteiger partial charge is 0.382 e. The highest BCUT2D eigenvalue weighted by Gasteiger charge is 2.16. The Morgan fingerprint density at radius 3 is 2.71 bits per heavy atom. The van der Waals surface area contributed by atoms with E-state index in [0.29, 0.717) is 18.2 Å². The first-order valence-electron chi connectivity index (χ1n) is 8.23. The summed E-state index contributed by atoms with van der Waals surface area (Å²) in [5, 5.41) is 0. The Morgan fingerprint density at radius 2 is 2.00 bits per heavy atom. The van der Waals surface area contributed by atoms with E-state index in [9.17, 15) is 4.39 Å². The third-order valence-corrected chi connectivity index (χ3v) is 4.42. The number of rotatable bonds is 4. The number of nitrogens with two attached hydrogens (primary N) is 1. The average Bonchev–Trinajstić information content (AvgIpc) is 2.84. The van der Waals surface area contributed by atoms with E-state index in [0.717, 1.165) is 40.1 Å². The Labute approximate surface area is 141 Å². The van der Waals surface area contributed by atoms with Crippen LogP contribution in [0.4, 0.5) is 10.2 Å². The van der Waals surface area contributed by atoms with Crippen molar-refractivity contribution in [1.82, 2.24) is 14.4 Å². The van der Waals surface area contributed by atoms with Gasteiger partial charge < -0.3 is 5.73 Å². The summed E-state index contributed by atoms with van der Waals surface area (Å²) in [4.78, 5) is 8.81. The van der Waals surface area contributed by atoms with Crippen molar-refractivity contribution < 1.29 is 4.39 Å². The molecule has 0 radical (unpaired) electrons. The Balaban J connectivity index is 2.09. The number of nitrogen functional groups attached to an aromatic ring is 1. The first-order valence-corrected chi connectivity index (χ1v) is 8.23. The molecule has 0 atom stereocenters. The maximum absolute atomic E-state index is 14.0. The van der Waals surface area contributed by atoms with Crippen molar-refractivity contribution in [2.24, 2.45) is 5.92 Å². The fourth-order valence-electron chi connectivity index (χ4n) is 3.25. The molecule has 5 heteroatoms. The summed E-state index contributed by atoms with van der Waals surface area (Å²) in [6.45, 7) is 8.08. The van der Waals surface area contributed by atoms with Crippen LogP contribution in [-0.4, -0.2) is 14.4 Å². The molecule has 0 spiro atoms. The second kappa shape index (κ2) is 6.23. The summed E-state index contributed by atoms with van der Waals surface area (Å²) >= 11 is 0. The van der Waals surface area contributed by atoms with Crippen molar-refractivity contribution in [2.45, 2.75) is 40.5 Å². The number of benzene rings is 1. The minimum atomic E-state index is -0.146. The SMILES string of the molecule is Cc1c(F)ccc(Cc2nc(C)c3c(N)nccn23)c1CC(C)C. The summed E-state index contributed by atoms with van der Waals surface area (Å²) in [5.41, 5.74) is 10.6. The fourth-order valence-corrected chi connectivity index (χ4v) is 3.25. The highest BCUT2D eigenvalue weighted by Crippen LogP contribution is 2.25. The van der Waals surface area contributed by atoms with Crippen molar-refractivity contribution in [2.75, 3.05) is 5.73 Å². The number of hydrogen-bond acceptors (Lipinski definition) is 3. The molecule has 0 aliphatic heterocycles. The molecule has 2 heterocycles. The number of anilines is 1.